The molecule has 1 atom stereocenters. The molecule has 0 heterocycles. The number of methoxy groups -OCH3 is 1. The Hall–Kier alpha value is -1.82. The van der Waals surface area contributed by atoms with Gasteiger partial charge in [0.15, 0.2) is 0 Å². The fourth-order valence-electron chi connectivity index (χ4n) is 1.36. The fourth-order valence-corrected chi connectivity index (χ4v) is 1.52. The summed E-state index contributed by atoms with van der Waals surface area (Å²) in [6.07, 6.45) is 0.0347. The Bertz CT molecular complexity index is 482. The smallest absolute Gasteiger partial charge is 0.319 e. The lowest BCUT2D eigenvalue weighted by Gasteiger charge is -2.13. The summed E-state index contributed by atoms with van der Waals surface area (Å²) in [7, 11) is 1.26. The summed E-state index contributed by atoms with van der Waals surface area (Å²) in [5.41, 5.74) is 0.00664. The predicted octanol–water partition coefficient (Wildman–Crippen LogP) is 2.55. The van der Waals surface area contributed by atoms with Crippen LogP contribution < -0.4 is 10.6 Å². The molecular weight excluding hydrogens is 275 g/mol. The minimum atomic E-state index is -0.636. The minimum absolute atomic E-state index is 0.00664. The number of urea groups is 1. The number of hydrogen-bond acceptors (Lipinski definition) is 3. The number of esters is 1. The number of benzene rings is 1. The number of nitrogens with one attached hydrogen (secondary N) is 2. The minimum Gasteiger partial charge on any atom is -0.469 e. The molecule has 0 saturated carbocycles. The van der Waals surface area contributed by atoms with Crippen LogP contribution in [-0.2, 0) is 9.53 Å². The van der Waals surface area contributed by atoms with Gasteiger partial charge in [-0.1, -0.05) is 11.6 Å². The predicted molar refractivity (Wildman–Crippen MR) is 69.7 cm³/mol. The van der Waals surface area contributed by atoms with Gasteiger partial charge in [0.2, 0.25) is 0 Å². The van der Waals surface area contributed by atoms with Gasteiger partial charge in [-0.2, -0.15) is 0 Å². The standard InChI is InChI=1S/C12H14ClFN2O3/c1-7(5-11(17)19-2)15-12(18)16-10-4-3-8(13)6-9(10)14/h3-4,6-7H,5H2,1-2H3,(H2,15,16,18)/t7-/m1/s1. The second-order valence-electron chi connectivity index (χ2n) is 3.90. The lowest BCUT2D eigenvalue weighted by Crippen LogP contribution is -2.37. The van der Waals surface area contributed by atoms with E-state index in [1.165, 1.54) is 19.2 Å². The highest BCUT2D eigenvalue weighted by Gasteiger charge is 2.13. The number of halogens is 2. The highest BCUT2D eigenvalue weighted by molar-refractivity contribution is 6.30. The van der Waals surface area contributed by atoms with Crippen molar-refractivity contribution in [3.63, 3.8) is 0 Å². The van der Waals surface area contributed by atoms with E-state index in [4.69, 9.17) is 11.6 Å². The zero-order chi connectivity index (χ0) is 14.4. The van der Waals surface area contributed by atoms with Crippen molar-refractivity contribution in [3.8, 4) is 0 Å². The number of carbonyl (C=O) groups excluding carboxylic acids is 2. The summed E-state index contributed by atoms with van der Waals surface area (Å²) in [6.45, 7) is 1.63. The Morgan fingerprint density at radius 2 is 2.16 bits per heavy atom. The quantitative estimate of drug-likeness (QED) is 0.837. The lowest BCUT2D eigenvalue weighted by atomic mass is 10.2. The second-order valence-corrected chi connectivity index (χ2v) is 4.34. The largest absolute Gasteiger partial charge is 0.469 e. The average Bonchev–Trinajstić information content (AvgIpc) is 2.32. The normalized spacial score (nSPS) is 11.6. The molecule has 2 amide bonds. The Balaban J connectivity index is 2.53. The summed E-state index contributed by atoms with van der Waals surface area (Å²) in [5.74, 6) is -1.08. The maximum atomic E-state index is 13.4. The molecule has 0 radical (unpaired) electrons. The van der Waals surface area contributed by atoms with Crippen molar-refractivity contribution >= 4 is 29.3 Å². The van der Waals surface area contributed by atoms with Crippen molar-refractivity contribution in [2.45, 2.75) is 19.4 Å². The van der Waals surface area contributed by atoms with Gasteiger partial charge in [0.05, 0.1) is 19.2 Å². The number of anilines is 1. The zero-order valence-electron chi connectivity index (χ0n) is 10.5. The number of hydrogen-bond donors (Lipinski definition) is 2. The fraction of sp³-hybridized carbons (Fsp3) is 0.333. The number of rotatable bonds is 4. The summed E-state index contributed by atoms with van der Waals surface area (Å²) < 4.78 is 17.9. The van der Waals surface area contributed by atoms with E-state index >= 15 is 0 Å². The molecule has 1 aromatic rings. The van der Waals surface area contributed by atoms with Gasteiger partial charge in [-0.3, -0.25) is 4.79 Å². The molecule has 1 rings (SSSR count). The van der Waals surface area contributed by atoms with Gasteiger partial charge >= 0.3 is 12.0 Å². The second kappa shape index (κ2) is 6.94. The molecule has 0 aliphatic rings. The van der Waals surface area contributed by atoms with Crippen LogP contribution in [0.3, 0.4) is 0 Å². The van der Waals surface area contributed by atoms with Gasteiger partial charge in [0, 0.05) is 11.1 Å². The molecule has 19 heavy (non-hydrogen) atoms. The van der Waals surface area contributed by atoms with Crippen LogP contribution in [0.2, 0.25) is 5.02 Å². The van der Waals surface area contributed by atoms with Crippen LogP contribution in [0.15, 0.2) is 18.2 Å². The topological polar surface area (TPSA) is 67.4 Å². The van der Waals surface area contributed by atoms with Crippen LogP contribution in [0.25, 0.3) is 0 Å². The molecule has 0 unspecified atom stereocenters. The van der Waals surface area contributed by atoms with Gasteiger partial charge < -0.3 is 15.4 Å². The van der Waals surface area contributed by atoms with Crippen LogP contribution in [0.4, 0.5) is 14.9 Å². The first kappa shape index (κ1) is 15.2. The SMILES string of the molecule is COC(=O)C[C@@H](C)NC(=O)Nc1ccc(Cl)cc1F. The molecule has 0 bridgehead atoms. The van der Waals surface area contributed by atoms with Crippen molar-refractivity contribution in [1.82, 2.24) is 5.32 Å². The first-order chi connectivity index (χ1) is 8.92. The van der Waals surface area contributed by atoms with Gasteiger partial charge in [0.1, 0.15) is 5.82 Å². The molecule has 0 spiro atoms. The summed E-state index contributed by atoms with van der Waals surface area (Å²) >= 11 is 5.59. The van der Waals surface area contributed by atoms with Gasteiger partial charge in [0.25, 0.3) is 0 Å². The monoisotopic (exact) mass is 288 g/mol. The number of amides is 2. The van der Waals surface area contributed by atoms with Crippen LogP contribution in [0.1, 0.15) is 13.3 Å². The highest BCUT2D eigenvalue weighted by Crippen LogP contribution is 2.18. The van der Waals surface area contributed by atoms with Crippen LogP contribution in [0, 0.1) is 5.82 Å². The van der Waals surface area contributed by atoms with Crippen molar-refractivity contribution in [2.24, 2.45) is 0 Å². The zero-order valence-corrected chi connectivity index (χ0v) is 11.3. The molecular formula is C12H14ClFN2O3. The van der Waals surface area contributed by atoms with E-state index in [2.05, 4.69) is 15.4 Å². The molecule has 5 nitrogen and oxygen atoms in total. The number of carbonyl (C=O) groups is 2. The summed E-state index contributed by atoms with van der Waals surface area (Å²) in [6, 6.07) is 2.86. The molecule has 0 fully saturated rings. The highest BCUT2D eigenvalue weighted by atomic mass is 35.5. The number of ether oxygens (including phenoxy) is 1. The van der Waals surface area contributed by atoms with Crippen molar-refractivity contribution in [1.29, 1.82) is 0 Å². The van der Waals surface area contributed by atoms with Crippen molar-refractivity contribution < 1.29 is 18.7 Å². The van der Waals surface area contributed by atoms with E-state index in [-0.39, 0.29) is 17.1 Å². The molecule has 104 valence electrons. The Morgan fingerprint density at radius 1 is 1.47 bits per heavy atom. The molecule has 1 aromatic carbocycles. The van der Waals surface area contributed by atoms with Crippen molar-refractivity contribution in [2.75, 3.05) is 12.4 Å². The van der Waals surface area contributed by atoms with E-state index in [0.717, 1.165) is 6.07 Å². The summed E-state index contributed by atoms with van der Waals surface area (Å²) in [5, 5.41) is 5.05. The average molecular weight is 289 g/mol. The third kappa shape index (κ3) is 5.13. The van der Waals surface area contributed by atoms with Crippen molar-refractivity contribution in [3.05, 3.63) is 29.0 Å². The van der Waals surface area contributed by atoms with Crippen LogP contribution in [-0.4, -0.2) is 25.2 Å². The first-order valence-electron chi connectivity index (χ1n) is 5.51. The third-order valence-electron chi connectivity index (χ3n) is 2.26. The maximum absolute atomic E-state index is 13.4. The molecule has 7 heteroatoms. The van der Waals surface area contributed by atoms with E-state index < -0.39 is 23.9 Å². The maximum Gasteiger partial charge on any atom is 0.319 e. The van der Waals surface area contributed by atoms with Crippen LogP contribution >= 0.6 is 11.6 Å². The van der Waals surface area contributed by atoms with E-state index in [9.17, 15) is 14.0 Å². The van der Waals surface area contributed by atoms with E-state index in [0.29, 0.717) is 0 Å². The molecule has 0 aromatic heterocycles. The Kier molecular flexibility index (Phi) is 5.57. The Morgan fingerprint density at radius 3 is 2.74 bits per heavy atom. The lowest BCUT2D eigenvalue weighted by molar-refractivity contribution is -0.141. The van der Waals surface area contributed by atoms with E-state index in [1.807, 2.05) is 0 Å². The molecule has 0 aliphatic heterocycles. The van der Waals surface area contributed by atoms with E-state index in [1.54, 1.807) is 6.92 Å². The van der Waals surface area contributed by atoms with Gasteiger partial charge in [-0.25, -0.2) is 9.18 Å². The molecule has 2 N–H and O–H groups in total. The van der Waals surface area contributed by atoms with Crippen LogP contribution in [0.5, 0.6) is 0 Å². The molecule has 0 saturated heterocycles. The third-order valence-corrected chi connectivity index (χ3v) is 2.49. The van der Waals surface area contributed by atoms with Gasteiger partial charge in [-0.15, -0.1) is 0 Å². The first-order valence-corrected chi connectivity index (χ1v) is 5.89. The molecule has 0 aliphatic carbocycles. The summed E-state index contributed by atoms with van der Waals surface area (Å²) in [4.78, 5) is 22.5. The van der Waals surface area contributed by atoms with Gasteiger partial charge in [-0.05, 0) is 25.1 Å². The Labute approximate surface area is 115 Å².